The molecule has 2 N–H and O–H groups in total. The number of aromatic nitrogens is 3. The topological polar surface area (TPSA) is 56.7 Å². The van der Waals surface area contributed by atoms with Crippen LogP contribution in [-0.2, 0) is 12.0 Å². The molecule has 0 bridgehead atoms. The van der Waals surface area contributed by atoms with Crippen LogP contribution in [-0.4, -0.2) is 15.0 Å². The summed E-state index contributed by atoms with van der Waals surface area (Å²) in [5.74, 6) is 0. The second kappa shape index (κ2) is 4.20. The lowest BCUT2D eigenvalue weighted by Gasteiger charge is -2.19. The van der Waals surface area contributed by atoms with E-state index in [0.717, 1.165) is 17.9 Å². The van der Waals surface area contributed by atoms with Crippen LogP contribution in [0.1, 0.15) is 32.0 Å². The highest BCUT2D eigenvalue weighted by atomic mass is 15.4. The second-order valence-electron chi connectivity index (χ2n) is 5.27. The van der Waals surface area contributed by atoms with Crippen LogP contribution in [0.5, 0.6) is 0 Å². The predicted octanol–water partition coefficient (Wildman–Crippen LogP) is 2.21. The van der Waals surface area contributed by atoms with Gasteiger partial charge in [0.1, 0.15) is 0 Å². The minimum Gasteiger partial charge on any atom is -0.399 e. The minimum absolute atomic E-state index is 0.0529. The zero-order chi connectivity index (χ0) is 12.5. The van der Waals surface area contributed by atoms with Gasteiger partial charge in [-0.1, -0.05) is 38.1 Å². The van der Waals surface area contributed by atoms with Gasteiger partial charge in [0.25, 0.3) is 0 Å². The molecule has 0 fully saturated rings. The molecule has 1 aromatic heterocycles. The summed E-state index contributed by atoms with van der Waals surface area (Å²) in [6.45, 7) is 7.20. The largest absolute Gasteiger partial charge is 0.399 e. The van der Waals surface area contributed by atoms with Crippen molar-refractivity contribution in [1.29, 1.82) is 0 Å². The van der Waals surface area contributed by atoms with Crippen LogP contribution >= 0.6 is 0 Å². The van der Waals surface area contributed by atoms with Crippen molar-refractivity contribution in [3.8, 4) is 0 Å². The van der Waals surface area contributed by atoms with Crippen molar-refractivity contribution < 1.29 is 0 Å². The van der Waals surface area contributed by atoms with E-state index in [-0.39, 0.29) is 5.41 Å². The van der Waals surface area contributed by atoms with Gasteiger partial charge in [-0.3, -0.25) is 0 Å². The number of anilines is 1. The molecule has 1 heterocycles. The van der Waals surface area contributed by atoms with Crippen LogP contribution in [0.4, 0.5) is 5.69 Å². The summed E-state index contributed by atoms with van der Waals surface area (Å²) in [6.07, 6.45) is 1.83. The van der Waals surface area contributed by atoms with E-state index in [1.165, 1.54) is 5.56 Å². The lowest BCUT2D eigenvalue weighted by atomic mass is 9.92. The third kappa shape index (κ3) is 2.64. The number of benzene rings is 1. The van der Waals surface area contributed by atoms with Gasteiger partial charge >= 0.3 is 0 Å². The number of nitrogens with zero attached hydrogens (tertiary/aromatic N) is 3. The molecule has 0 atom stereocenters. The normalized spacial score (nSPS) is 11.7. The summed E-state index contributed by atoms with van der Waals surface area (Å²) < 4.78 is 1.94. The fraction of sp³-hybridized carbons (Fsp3) is 0.385. The lowest BCUT2D eigenvalue weighted by molar-refractivity contribution is 0.501. The number of nitrogen functional groups attached to an aromatic ring is 1. The van der Waals surface area contributed by atoms with E-state index in [0.29, 0.717) is 0 Å². The lowest BCUT2D eigenvalue weighted by Crippen LogP contribution is -2.18. The second-order valence-corrected chi connectivity index (χ2v) is 5.27. The first-order valence-corrected chi connectivity index (χ1v) is 5.70. The van der Waals surface area contributed by atoms with Gasteiger partial charge in [-0.2, -0.15) is 0 Å². The van der Waals surface area contributed by atoms with Crippen LogP contribution in [0.25, 0.3) is 0 Å². The molecule has 90 valence electrons. The van der Waals surface area contributed by atoms with Gasteiger partial charge in [-0.05, 0) is 17.7 Å². The molecule has 17 heavy (non-hydrogen) atoms. The number of rotatable bonds is 2. The molecule has 0 amide bonds. The Morgan fingerprint density at radius 1 is 1.18 bits per heavy atom. The highest BCUT2D eigenvalue weighted by molar-refractivity contribution is 5.39. The maximum absolute atomic E-state index is 5.66. The van der Waals surface area contributed by atoms with Gasteiger partial charge in [-0.25, -0.2) is 4.68 Å². The summed E-state index contributed by atoms with van der Waals surface area (Å²) in [5.41, 5.74) is 8.81. The van der Waals surface area contributed by atoms with E-state index < -0.39 is 0 Å². The van der Waals surface area contributed by atoms with Crippen LogP contribution in [0.15, 0.2) is 30.5 Å². The molecule has 0 saturated carbocycles. The summed E-state index contributed by atoms with van der Waals surface area (Å²) in [7, 11) is 0. The summed E-state index contributed by atoms with van der Waals surface area (Å²) in [5, 5.41) is 8.13. The Hall–Kier alpha value is -1.84. The van der Waals surface area contributed by atoms with Crippen LogP contribution in [0.2, 0.25) is 0 Å². The molecule has 4 nitrogen and oxygen atoms in total. The fourth-order valence-electron chi connectivity index (χ4n) is 1.75. The molecule has 0 radical (unpaired) electrons. The Bertz CT molecular complexity index is 491. The van der Waals surface area contributed by atoms with Gasteiger partial charge in [-0.15, -0.1) is 5.10 Å². The molecule has 0 aliphatic rings. The van der Waals surface area contributed by atoms with Crippen LogP contribution in [0, 0.1) is 0 Å². The Labute approximate surface area is 101 Å². The van der Waals surface area contributed by atoms with E-state index in [9.17, 15) is 0 Å². The van der Waals surface area contributed by atoms with Crippen LogP contribution < -0.4 is 5.73 Å². The zero-order valence-electron chi connectivity index (χ0n) is 10.5. The molecule has 2 rings (SSSR count). The fourth-order valence-corrected chi connectivity index (χ4v) is 1.75. The van der Waals surface area contributed by atoms with Gasteiger partial charge in [0.05, 0.1) is 18.4 Å². The van der Waals surface area contributed by atoms with Crippen molar-refractivity contribution in [2.24, 2.45) is 0 Å². The van der Waals surface area contributed by atoms with E-state index in [4.69, 9.17) is 5.73 Å². The highest BCUT2D eigenvalue weighted by Crippen LogP contribution is 2.21. The third-order valence-electron chi connectivity index (χ3n) is 2.70. The van der Waals surface area contributed by atoms with Gasteiger partial charge in [0.15, 0.2) is 0 Å². The Morgan fingerprint density at radius 2 is 1.82 bits per heavy atom. The molecular weight excluding hydrogens is 212 g/mol. The first kappa shape index (κ1) is 11.6. The van der Waals surface area contributed by atoms with Gasteiger partial charge in [0, 0.05) is 11.1 Å². The first-order chi connectivity index (χ1) is 7.97. The van der Waals surface area contributed by atoms with Crippen LogP contribution in [0.3, 0.4) is 0 Å². The SMILES string of the molecule is CC(C)(C)c1cnnn1Cc1ccc(N)cc1. The van der Waals surface area contributed by atoms with E-state index in [1.54, 1.807) is 0 Å². The summed E-state index contributed by atoms with van der Waals surface area (Å²) in [4.78, 5) is 0. The summed E-state index contributed by atoms with van der Waals surface area (Å²) in [6, 6.07) is 7.85. The van der Waals surface area contributed by atoms with E-state index in [2.05, 4.69) is 31.1 Å². The monoisotopic (exact) mass is 230 g/mol. The van der Waals surface area contributed by atoms with E-state index >= 15 is 0 Å². The van der Waals surface area contributed by atoms with Crippen molar-refractivity contribution >= 4 is 5.69 Å². The van der Waals surface area contributed by atoms with Crippen molar-refractivity contribution in [1.82, 2.24) is 15.0 Å². The summed E-state index contributed by atoms with van der Waals surface area (Å²) >= 11 is 0. The molecule has 2 aromatic rings. The Morgan fingerprint density at radius 3 is 2.41 bits per heavy atom. The number of hydrogen-bond acceptors (Lipinski definition) is 3. The smallest absolute Gasteiger partial charge is 0.0730 e. The molecule has 4 heteroatoms. The molecule has 0 aliphatic heterocycles. The standard InChI is InChI=1S/C13H18N4/c1-13(2,3)12-8-15-16-17(12)9-10-4-6-11(14)7-5-10/h4-8H,9,14H2,1-3H3. The molecule has 0 spiro atoms. The van der Waals surface area contributed by atoms with Crippen molar-refractivity contribution in [3.05, 3.63) is 41.7 Å². The molecule has 0 unspecified atom stereocenters. The van der Waals surface area contributed by atoms with Gasteiger partial charge in [0.2, 0.25) is 0 Å². The molecule has 1 aromatic carbocycles. The van der Waals surface area contributed by atoms with Gasteiger partial charge < -0.3 is 5.73 Å². The Balaban J connectivity index is 2.25. The Kier molecular flexibility index (Phi) is 2.88. The molecular formula is C13H18N4. The van der Waals surface area contributed by atoms with Crippen molar-refractivity contribution in [2.45, 2.75) is 32.7 Å². The number of nitrogens with two attached hydrogens (primary N) is 1. The number of hydrogen-bond donors (Lipinski definition) is 1. The zero-order valence-corrected chi connectivity index (χ0v) is 10.5. The maximum Gasteiger partial charge on any atom is 0.0730 e. The van der Waals surface area contributed by atoms with E-state index in [1.807, 2.05) is 35.1 Å². The highest BCUT2D eigenvalue weighted by Gasteiger charge is 2.19. The quantitative estimate of drug-likeness (QED) is 0.805. The van der Waals surface area contributed by atoms with Crippen molar-refractivity contribution in [3.63, 3.8) is 0 Å². The average Bonchev–Trinajstić information content (AvgIpc) is 2.69. The average molecular weight is 230 g/mol. The predicted molar refractivity (Wildman–Crippen MR) is 68.7 cm³/mol. The third-order valence-corrected chi connectivity index (χ3v) is 2.70. The first-order valence-electron chi connectivity index (χ1n) is 5.70. The van der Waals surface area contributed by atoms with Crippen molar-refractivity contribution in [2.75, 3.05) is 5.73 Å². The minimum atomic E-state index is 0.0529. The molecule has 0 aliphatic carbocycles. The molecule has 0 saturated heterocycles. The maximum atomic E-state index is 5.66.